The summed E-state index contributed by atoms with van der Waals surface area (Å²) in [5.74, 6) is -0.333. The van der Waals surface area contributed by atoms with Crippen LogP contribution < -0.4 is 10.9 Å². The molecular formula is C25H21N3O5S. The maximum Gasteiger partial charge on any atom is 0.410 e. The van der Waals surface area contributed by atoms with Gasteiger partial charge in [0.2, 0.25) is 5.91 Å². The number of hydrogen-bond acceptors (Lipinski definition) is 7. The van der Waals surface area contributed by atoms with E-state index in [1.54, 1.807) is 23.6 Å². The Balaban J connectivity index is 1.26. The summed E-state index contributed by atoms with van der Waals surface area (Å²) in [6.07, 6.45) is 0.730. The van der Waals surface area contributed by atoms with E-state index in [9.17, 15) is 14.4 Å². The average molecular weight is 476 g/mol. The Hall–Kier alpha value is -3.98. The van der Waals surface area contributed by atoms with E-state index in [0.29, 0.717) is 41.4 Å². The predicted molar refractivity (Wildman–Crippen MR) is 129 cm³/mol. The molecule has 9 heteroatoms. The van der Waals surface area contributed by atoms with Crippen LogP contribution in [-0.4, -0.2) is 34.5 Å². The molecule has 5 rings (SSSR count). The number of hydrogen-bond donors (Lipinski definition) is 1. The van der Waals surface area contributed by atoms with Crippen molar-refractivity contribution in [3.05, 3.63) is 82.0 Å². The number of fused-ring (bicyclic) bond motifs is 1. The van der Waals surface area contributed by atoms with Crippen molar-refractivity contribution in [1.29, 1.82) is 0 Å². The molecule has 1 atom stereocenters. The molecule has 1 N–H and O–H groups in total. The molecule has 4 aromatic rings. The molecule has 2 aromatic heterocycles. The van der Waals surface area contributed by atoms with Gasteiger partial charge in [-0.3, -0.25) is 9.69 Å². The van der Waals surface area contributed by atoms with Gasteiger partial charge in [-0.05, 0) is 30.5 Å². The molecule has 1 saturated heterocycles. The van der Waals surface area contributed by atoms with E-state index in [-0.39, 0.29) is 12.5 Å². The molecule has 2 aromatic carbocycles. The lowest BCUT2D eigenvalue weighted by Crippen LogP contribution is -2.43. The van der Waals surface area contributed by atoms with Crippen LogP contribution in [-0.2, 0) is 16.1 Å². The van der Waals surface area contributed by atoms with Crippen LogP contribution in [0.25, 0.3) is 22.2 Å². The van der Waals surface area contributed by atoms with Crippen molar-refractivity contribution < 1.29 is 18.7 Å². The summed E-state index contributed by atoms with van der Waals surface area (Å²) in [5.41, 5.74) is 1.63. The first-order valence-corrected chi connectivity index (χ1v) is 11.7. The molecular weight excluding hydrogens is 454 g/mol. The number of nitrogens with zero attached hydrogens (tertiary/aromatic N) is 2. The highest BCUT2D eigenvalue weighted by Gasteiger charge is 2.35. The fraction of sp³-hybridized carbons (Fsp3) is 0.200. The molecule has 1 fully saturated rings. The van der Waals surface area contributed by atoms with Crippen LogP contribution in [0.5, 0.6) is 0 Å². The van der Waals surface area contributed by atoms with E-state index in [1.165, 1.54) is 16.2 Å². The van der Waals surface area contributed by atoms with E-state index < -0.39 is 17.8 Å². The maximum absolute atomic E-state index is 12.9. The lowest BCUT2D eigenvalue weighted by Gasteiger charge is -2.22. The van der Waals surface area contributed by atoms with Gasteiger partial charge >= 0.3 is 11.7 Å². The topological polar surface area (TPSA) is 102 Å². The largest absolute Gasteiger partial charge is 0.445 e. The van der Waals surface area contributed by atoms with E-state index in [1.807, 2.05) is 42.5 Å². The molecule has 3 heterocycles. The third-order valence-electron chi connectivity index (χ3n) is 5.65. The minimum absolute atomic E-state index is 0.148. The van der Waals surface area contributed by atoms with Crippen molar-refractivity contribution >= 4 is 39.4 Å². The molecule has 8 nitrogen and oxygen atoms in total. The van der Waals surface area contributed by atoms with E-state index in [4.69, 9.17) is 9.15 Å². The molecule has 0 saturated carbocycles. The summed E-state index contributed by atoms with van der Waals surface area (Å²) in [6.45, 7) is 0.599. The SMILES string of the molecule is O=C(Nc1nc(-c2cc3ccccc3oc2=O)cs1)[C@H]1CCCN1C(=O)OCc1ccccc1. The zero-order valence-corrected chi connectivity index (χ0v) is 18.9. The average Bonchev–Trinajstić information content (AvgIpc) is 3.53. The summed E-state index contributed by atoms with van der Waals surface area (Å²) in [6, 6.07) is 17.7. The van der Waals surface area contributed by atoms with Crippen LogP contribution in [0.2, 0.25) is 0 Å². The first-order valence-electron chi connectivity index (χ1n) is 10.9. The Bertz CT molecular complexity index is 1400. The number of aromatic nitrogens is 1. The normalized spacial score (nSPS) is 15.4. The Morgan fingerprint density at radius 2 is 1.94 bits per heavy atom. The monoisotopic (exact) mass is 475 g/mol. The second kappa shape index (κ2) is 9.48. The summed E-state index contributed by atoms with van der Waals surface area (Å²) < 4.78 is 10.8. The van der Waals surface area contributed by atoms with Gasteiger partial charge in [0.25, 0.3) is 0 Å². The van der Waals surface area contributed by atoms with Crippen LogP contribution in [0.3, 0.4) is 0 Å². The first kappa shape index (κ1) is 21.8. The van der Waals surface area contributed by atoms with Crippen molar-refractivity contribution in [3.8, 4) is 11.3 Å². The minimum atomic E-state index is -0.638. The number of rotatable bonds is 5. The van der Waals surface area contributed by atoms with Gasteiger partial charge < -0.3 is 14.5 Å². The van der Waals surface area contributed by atoms with Gasteiger partial charge in [0.05, 0.1) is 11.3 Å². The van der Waals surface area contributed by atoms with Gasteiger partial charge in [-0.15, -0.1) is 11.3 Å². The zero-order valence-electron chi connectivity index (χ0n) is 18.1. The number of likely N-dealkylation sites (tertiary alicyclic amines) is 1. The summed E-state index contributed by atoms with van der Waals surface area (Å²) in [4.78, 5) is 43.8. The molecule has 1 aliphatic heterocycles. The van der Waals surface area contributed by atoms with Gasteiger partial charge in [0.1, 0.15) is 18.2 Å². The number of anilines is 1. The number of ether oxygens (including phenoxy) is 1. The Kier molecular flexibility index (Phi) is 6.09. The lowest BCUT2D eigenvalue weighted by molar-refractivity contribution is -0.120. The molecule has 0 aliphatic carbocycles. The van der Waals surface area contributed by atoms with Crippen molar-refractivity contribution in [1.82, 2.24) is 9.88 Å². The summed E-state index contributed by atoms with van der Waals surface area (Å²) in [5, 5.41) is 5.60. The standard InChI is InChI=1S/C25H21N3O5S/c29-22(20-10-6-12-28(20)25(31)32-14-16-7-2-1-3-8-16)27-24-26-19(15-34-24)18-13-17-9-4-5-11-21(17)33-23(18)30/h1-5,7-9,11,13,15,20H,6,10,12,14H2,(H,26,27,29)/t20-/m1/s1. The number of nitrogens with one attached hydrogen (secondary N) is 1. The number of benzene rings is 2. The van der Waals surface area contributed by atoms with Crippen molar-refractivity contribution in [2.45, 2.75) is 25.5 Å². The molecule has 0 unspecified atom stereocenters. The Morgan fingerprint density at radius 1 is 1.15 bits per heavy atom. The van der Waals surface area contributed by atoms with Gasteiger partial charge in [0, 0.05) is 17.3 Å². The van der Waals surface area contributed by atoms with E-state index in [2.05, 4.69) is 10.3 Å². The Morgan fingerprint density at radius 3 is 2.79 bits per heavy atom. The van der Waals surface area contributed by atoms with Gasteiger partial charge in [-0.1, -0.05) is 48.5 Å². The predicted octanol–water partition coefficient (Wildman–Crippen LogP) is 4.66. The fourth-order valence-electron chi connectivity index (χ4n) is 3.94. The summed E-state index contributed by atoms with van der Waals surface area (Å²) in [7, 11) is 0. The highest BCUT2D eigenvalue weighted by atomic mass is 32.1. The van der Waals surface area contributed by atoms with Crippen molar-refractivity contribution in [3.63, 3.8) is 0 Å². The molecule has 0 bridgehead atoms. The quantitative estimate of drug-likeness (QED) is 0.422. The van der Waals surface area contributed by atoms with Crippen LogP contribution >= 0.6 is 11.3 Å². The van der Waals surface area contributed by atoms with Crippen molar-refractivity contribution in [2.24, 2.45) is 0 Å². The number of carbonyl (C=O) groups is 2. The van der Waals surface area contributed by atoms with Crippen molar-refractivity contribution in [2.75, 3.05) is 11.9 Å². The van der Waals surface area contributed by atoms with Gasteiger partial charge in [-0.25, -0.2) is 14.6 Å². The molecule has 2 amide bonds. The first-order chi connectivity index (χ1) is 16.6. The van der Waals surface area contributed by atoms with Crippen LogP contribution in [0, 0.1) is 0 Å². The van der Waals surface area contributed by atoms with Gasteiger partial charge in [0.15, 0.2) is 5.13 Å². The molecule has 172 valence electrons. The Labute approximate surface area is 198 Å². The fourth-order valence-corrected chi connectivity index (χ4v) is 4.66. The maximum atomic E-state index is 12.9. The number of amides is 2. The van der Waals surface area contributed by atoms with E-state index in [0.717, 1.165) is 10.9 Å². The van der Waals surface area contributed by atoms with Crippen LogP contribution in [0.4, 0.5) is 9.93 Å². The minimum Gasteiger partial charge on any atom is -0.445 e. The third kappa shape index (κ3) is 4.55. The second-order valence-corrected chi connectivity index (χ2v) is 8.76. The van der Waals surface area contributed by atoms with Crippen LogP contribution in [0.1, 0.15) is 18.4 Å². The van der Waals surface area contributed by atoms with Crippen LogP contribution in [0.15, 0.2) is 75.3 Å². The zero-order chi connectivity index (χ0) is 23.5. The number of para-hydroxylation sites is 1. The number of carbonyl (C=O) groups excluding carboxylic acids is 2. The smallest absolute Gasteiger partial charge is 0.410 e. The van der Waals surface area contributed by atoms with Gasteiger partial charge in [-0.2, -0.15) is 0 Å². The second-order valence-electron chi connectivity index (χ2n) is 7.90. The molecule has 34 heavy (non-hydrogen) atoms. The lowest BCUT2D eigenvalue weighted by atomic mass is 10.1. The highest BCUT2D eigenvalue weighted by Crippen LogP contribution is 2.27. The molecule has 0 spiro atoms. The third-order valence-corrected chi connectivity index (χ3v) is 6.40. The number of thiazole rings is 1. The summed E-state index contributed by atoms with van der Waals surface area (Å²) >= 11 is 1.20. The highest BCUT2D eigenvalue weighted by molar-refractivity contribution is 7.14. The molecule has 1 aliphatic rings. The molecule has 0 radical (unpaired) electrons. The van der Waals surface area contributed by atoms with E-state index >= 15 is 0 Å².